The number of fused-ring (bicyclic) bond motifs is 5. The van der Waals surface area contributed by atoms with Crippen molar-refractivity contribution in [1.29, 1.82) is 0 Å². The van der Waals surface area contributed by atoms with Crippen molar-refractivity contribution in [2.45, 2.75) is 31.3 Å². The number of carbonyl (C=O) groups excluding carboxylic acids is 2. The van der Waals surface area contributed by atoms with E-state index in [4.69, 9.17) is 0 Å². The molecular formula is C17H15N3O2S. The monoisotopic (exact) mass is 325 g/mol. The molecule has 0 fully saturated rings. The van der Waals surface area contributed by atoms with Crippen molar-refractivity contribution < 1.29 is 9.59 Å². The summed E-state index contributed by atoms with van der Waals surface area (Å²) in [6, 6.07) is 7.48. The highest BCUT2D eigenvalue weighted by Gasteiger charge is 2.52. The fourth-order valence-corrected chi connectivity index (χ4v) is 5.18. The van der Waals surface area contributed by atoms with Crippen LogP contribution in [0.15, 0.2) is 24.3 Å². The van der Waals surface area contributed by atoms with Crippen LogP contribution in [0, 0.1) is 0 Å². The van der Waals surface area contributed by atoms with E-state index in [1.165, 1.54) is 16.9 Å². The molecule has 1 aromatic heterocycles. The van der Waals surface area contributed by atoms with E-state index >= 15 is 0 Å². The molecule has 0 saturated carbocycles. The van der Waals surface area contributed by atoms with Crippen LogP contribution < -0.4 is 16.0 Å². The molecule has 0 radical (unpaired) electrons. The van der Waals surface area contributed by atoms with Gasteiger partial charge in [0.25, 0.3) is 11.8 Å². The third kappa shape index (κ3) is 1.61. The average molecular weight is 325 g/mol. The van der Waals surface area contributed by atoms with E-state index in [-0.39, 0.29) is 11.8 Å². The van der Waals surface area contributed by atoms with E-state index in [1.807, 2.05) is 24.3 Å². The molecule has 5 nitrogen and oxygen atoms in total. The van der Waals surface area contributed by atoms with Crippen molar-refractivity contribution in [2.24, 2.45) is 0 Å². The minimum Gasteiger partial charge on any atom is -0.342 e. The number of hydrogen-bond donors (Lipinski definition) is 3. The minimum atomic E-state index is -1.19. The number of para-hydroxylation sites is 1. The molecule has 2 amide bonds. The second-order valence-corrected chi connectivity index (χ2v) is 7.35. The van der Waals surface area contributed by atoms with E-state index < -0.39 is 5.66 Å². The van der Waals surface area contributed by atoms with Gasteiger partial charge in [-0.3, -0.25) is 9.59 Å². The average Bonchev–Trinajstić information content (AvgIpc) is 3.04. The first-order valence-electron chi connectivity index (χ1n) is 7.85. The summed E-state index contributed by atoms with van der Waals surface area (Å²) in [6.45, 7) is 0. The predicted molar refractivity (Wildman–Crippen MR) is 88.8 cm³/mol. The molecule has 1 aromatic carbocycles. The Hall–Kier alpha value is -2.34. The predicted octanol–water partition coefficient (Wildman–Crippen LogP) is 2.59. The summed E-state index contributed by atoms with van der Waals surface area (Å²) in [6.07, 6.45) is 4.27. The van der Waals surface area contributed by atoms with Crippen LogP contribution in [0.2, 0.25) is 0 Å². The van der Waals surface area contributed by atoms with E-state index in [2.05, 4.69) is 16.0 Å². The highest BCUT2D eigenvalue weighted by Crippen LogP contribution is 2.45. The lowest BCUT2D eigenvalue weighted by Crippen LogP contribution is -2.58. The van der Waals surface area contributed by atoms with Crippen molar-refractivity contribution in [3.8, 4) is 0 Å². The van der Waals surface area contributed by atoms with E-state index in [0.29, 0.717) is 0 Å². The first kappa shape index (κ1) is 13.1. The smallest absolute Gasteiger partial charge is 0.275 e. The van der Waals surface area contributed by atoms with Gasteiger partial charge in [0, 0.05) is 16.1 Å². The molecule has 3 N–H and O–H groups in total. The number of nitrogens with one attached hydrogen (secondary N) is 3. The highest BCUT2D eigenvalue weighted by atomic mass is 32.1. The Kier molecular flexibility index (Phi) is 2.48. The number of benzene rings is 1. The van der Waals surface area contributed by atoms with Crippen LogP contribution >= 0.6 is 11.3 Å². The maximum Gasteiger partial charge on any atom is 0.275 e. The minimum absolute atomic E-state index is 0.148. The lowest BCUT2D eigenvalue weighted by molar-refractivity contribution is -0.120. The van der Waals surface area contributed by atoms with Crippen LogP contribution in [-0.4, -0.2) is 11.8 Å². The zero-order valence-electron chi connectivity index (χ0n) is 12.4. The maximum atomic E-state index is 12.8. The molecule has 1 spiro atoms. The van der Waals surface area contributed by atoms with Crippen molar-refractivity contribution in [3.63, 3.8) is 0 Å². The largest absolute Gasteiger partial charge is 0.342 e. The van der Waals surface area contributed by atoms with Crippen molar-refractivity contribution in [2.75, 3.05) is 10.6 Å². The summed E-state index contributed by atoms with van der Waals surface area (Å²) >= 11 is 1.63. The Morgan fingerprint density at radius 3 is 2.78 bits per heavy atom. The van der Waals surface area contributed by atoms with Crippen LogP contribution in [0.3, 0.4) is 0 Å². The van der Waals surface area contributed by atoms with Crippen LogP contribution in [-0.2, 0) is 23.3 Å². The molecule has 6 heteroatoms. The Bertz CT molecular complexity index is 873. The molecule has 2 aliphatic heterocycles. The number of rotatable bonds is 0. The van der Waals surface area contributed by atoms with Crippen molar-refractivity contribution in [1.82, 2.24) is 5.32 Å². The number of thiophene rings is 1. The molecule has 116 valence electrons. The molecule has 1 atom stereocenters. The summed E-state index contributed by atoms with van der Waals surface area (Å²) in [5.74, 6) is -0.380. The summed E-state index contributed by atoms with van der Waals surface area (Å²) in [4.78, 5) is 26.7. The topological polar surface area (TPSA) is 70.2 Å². The standard InChI is InChI=1S/C17H15N3O2S/c21-14-13-9-5-1-4-8-12(9)23-15(13)20-17(19-14)10-6-2-3-7-11(10)18-16(17)22/h2-3,6-7,20H,1,4-5,8H2,(H,18,22)(H,19,21). The van der Waals surface area contributed by atoms with Gasteiger partial charge in [0.15, 0.2) is 0 Å². The molecule has 1 unspecified atom stereocenters. The number of hydrogen-bond acceptors (Lipinski definition) is 4. The summed E-state index contributed by atoms with van der Waals surface area (Å²) in [5.41, 5.74) is 2.24. The molecule has 0 bridgehead atoms. The third-order valence-electron chi connectivity index (χ3n) is 4.92. The van der Waals surface area contributed by atoms with Gasteiger partial charge in [0.05, 0.1) is 5.56 Å². The van der Waals surface area contributed by atoms with Crippen molar-refractivity contribution in [3.05, 3.63) is 45.8 Å². The Morgan fingerprint density at radius 1 is 1.04 bits per heavy atom. The van der Waals surface area contributed by atoms with Gasteiger partial charge >= 0.3 is 0 Å². The molecular weight excluding hydrogens is 310 g/mol. The van der Waals surface area contributed by atoms with E-state index in [1.54, 1.807) is 11.3 Å². The van der Waals surface area contributed by atoms with Gasteiger partial charge in [-0.1, -0.05) is 18.2 Å². The molecule has 3 aliphatic rings. The van der Waals surface area contributed by atoms with Crippen LogP contribution in [0.4, 0.5) is 10.7 Å². The highest BCUT2D eigenvalue weighted by molar-refractivity contribution is 7.16. The molecule has 23 heavy (non-hydrogen) atoms. The van der Waals surface area contributed by atoms with Gasteiger partial charge < -0.3 is 16.0 Å². The number of aryl methyl sites for hydroxylation is 1. The van der Waals surface area contributed by atoms with E-state index in [0.717, 1.165) is 41.1 Å². The zero-order chi connectivity index (χ0) is 15.6. The fraction of sp³-hybridized carbons (Fsp3) is 0.294. The SMILES string of the molecule is O=C1NC2(Nc3sc4c(c31)CCCC4)C(=O)Nc1ccccc12. The Balaban J connectivity index is 1.68. The van der Waals surface area contributed by atoms with Gasteiger partial charge in [-0.2, -0.15) is 0 Å². The quantitative estimate of drug-likeness (QED) is 0.697. The third-order valence-corrected chi connectivity index (χ3v) is 6.13. The van der Waals surface area contributed by atoms with Crippen LogP contribution in [0.5, 0.6) is 0 Å². The van der Waals surface area contributed by atoms with Crippen LogP contribution in [0.25, 0.3) is 0 Å². The second-order valence-electron chi connectivity index (χ2n) is 6.24. The Morgan fingerprint density at radius 2 is 1.87 bits per heavy atom. The molecule has 5 rings (SSSR count). The summed E-state index contributed by atoms with van der Waals surface area (Å²) in [7, 11) is 0. The van der Waals surface area contributed by atoms with Gasteiger partial charge in [-0.05, 0) is 37.3 Å². The van der Waals surface area contributed by atoms with Gasteiger partial charge in [-0.25, -0.2) is 0 Å². The first-order valence-corrected chi connectivity index (χ1v) is 8.67. The number of amides is 2. The van der Waals surface area contributed by atoms with Crippen molar-refractivity contribution >= 4 is 33.8 Å². The summed E-state index contributed by atoms with van der Waals surface area (Å²) in [5, 5.41) is 9.96. The zero-order valence-corrected chi connectivity index (χ0v) is 13.2. The Labute approximate surface area is 137 Å². The number of carbonyl (C=O) groups is 2. The fourth-order valence-electron chi connectivity index (χ4n) is 3.83. The molecule has 2 aromatic rings. The normalized spacial score (nSPS) is 24.3. The maximum absolute atomic E-state index is 12.8. The number of anilines is 2. The second kappa shape index (κ2) is 4.35. The van der Waals surface area contributed by atoms with Gasteiger partial charge in [-0.15, -0.1) is 11.3 Å². The summed E-state index contributed by atoms with van der Waals surface area (Å²) < 4.78 is 0. The van der Waals surface area contributed by atoms with Gasteiger partial charge in [0.2, 0.25) is 5.66 Å². The van der Waals surface area contributed by atoms with Gasteiger partial charge in [0.1, 0.15) is 5.00 Å². The lowest BCUT2D eigenvalue weighted by atomic mass is 9.92. The lowest BCUT2D eigenvalue weighted by Gasteiger charge is -2.34. The first-order chi connectivity index (χ1) is 11.2. The molecule has 1 aliphatic carbocycles. The molecule has 3 heterocycles. The van der Waals surface area contributed by atoms with E-state index in [9.17, 15) is 9.59 Å². The molecule has 0 saturated heterocycles. The van der Waals surface area contributed by atoms with Crippen LogP contribution in [0.1, 0.15) is 39.2 Å².